The fraction of sp³-hybridized carbons (Fsp3) is 0.571. The molecule has 19 heavy (non-hydrogen) atoms. The van der Waals surface area contributed by atoms with Crippen molar-refractivity contribution in [1.29, 1.82) is 0 Å². The summed E-state index contributed by atoms with van der Waals surface area (Å²) < 4.78 is 0. The third kappa shape index (κ3) is 3.67. The highest BCUT2D eigenvalue weighted by atomic mass is 16.6. The van der Waals surface area contributed by atoms with Crippen LogP contribution in [-0.4, -0.2) is 24.1 Å². The van der Waals surface area contributed by atoms with Gasteiger partial charge in [-0.15, -0.1) is 0 Å². The first-order valence-electron chi connectivity index (χ1n) is 6.78. The van der Waals surface area contributed by atoms with Crippen LogP contribution >= 0.6 is 0 Å². The molecule has 2 rings (SSSR count). The minimum absolute atomic E-state index is 0.159. The molecule has 0 aromatic heterocycles. The molecular formula is C14H21N3O2. The Kier molecular flexibility index (Phi) is 4.37. The molecule has 1 aromatic carbocycles. The lowest BCUT2D eigenvalue weighted by atomic mass is 9.91. The number of nitro benzene ring substituents is 1. The summed E-state index contributed by atoms with van der Waals surface area (Å²) in [6.07, 6.45) is 4.52. The molecule has 0 aliphatic heterocycles. The topological polar surface area (TPSA) is 67.2 Å². The fourth-order valence-corrected chi connectivity index (χ4v) is 2.71. The Morgan fingerprint density at radius 1 is 1.16 bits per heavy atom. The predicted octanol–water partition coefficient (Wildman–Crippen LogP) is 2.85. The van der Waals surface area contributed by atoms with Gasteiger partial charge in [0.15, 0.2) is 0 Å². The highest BCUT2D eigenvalue weighted by Crippen LogP contribution is 2.25. The van der Waals surface area contributed by atoms with Crippen molar-refractivity contribution in [1.82, 2.24) is 5.32 Å². The van der Waals surface area contributed by atoms with Gasteiger partial charge in [0.05, 0.1) is 4.92 Å². The molecule has 1 fully saturated rings. The maximum Gasteiger partial charge on any atom is 0.271 e. The van der Waals surface area contributed by atoms with E-state index in [-0.39, 0.29) is 10.6 Å². The van der Waals surface area contributed by atoms with Gasteiger partial charge in [0.1, 0.15) is 0 Å². The van der Waals surface area contributed by atoms with Gasteiger partial charge in [-0.3, -0.25) is 10.1 Å². The van der Waals surface area contributed by atoms with Crippen LogP contribution in [0.1, 0.15) is 31.2 Å². The van der Waals surface area contributed by atoms with Gasteiger partial charge in [-0.25, -0.2) is 0 Å². The zero-order valence-electron chi connectivity index (χ0n) is 11.5. The Hall–Kier alpha value is -1.62. The van der Waals surface area contributed by atoms with Crippen LogP contribution in [0, 0.1) is 17.0 Å². The van der Waals surface area contributed by atoms with Gasteiger partial charge in [-0.2, -0.15) is 0 Å². The summed E-state index contributed by atoms with van der Waals surface area (Å²) in [4.78, 5) is 10.5. The van der Waals surface area contributed by atoms with E-state index in [1.54, 1.807) is 12.1 Å². The first kappa shape index (κ1) is 13.8. The summed E-state index contributed by atoms with van der Waals surface area (Å²) in [5.41, 5.74) is 1.94. The molecule has 0 saturated heterocycles. The molecule has 0 unspecified atom stereocenters. The monoisotopic (exact) mass is 263 g/mol. The molecule has 1 aromatic rings. The quantitative estimate of drug-likeness (QED) is 0.647. The minimum atomic E-state index is -0.337. The van der Waals surface area contributed by atoms with Crippen LogP contribution in [0.25, 0.3) is 0 Å². The number of nitrogens with zero attached hydrogens (tertiary/aromatic N) is 1. The van der Waals surface area contributed by atoms with Crippen LogP contribution in [0.2, 0.25) is 0 Å². The summed E-state index contributed by atoms with van der Waals surface area (Å²) in [6, 6.07) is 6.23. The summed E-state index contributed by atoms with van der Waals surface area (Å²) in [6.45, 7) is 1.89. The summed E-state index contributed by atoms with van der Waals surface area (Å²) in [5.74, 6) is 0. The highest BCUT2D eigenvalue weighted by molar-refractivity contribution is 5.54. The first-order chi connectivity index (χ1) is 9.08. The molecule has 0 amide bonds. The normalized spacial score (nSPS) is 23.1. The number of aryl methyl sites for hydroxylation is 1. The van der Waals surface area contributed by atoms with E-state index < -0.39 is 0 Å². The molecule has 1 saturated carbocycles. The second-order valence-corrected chi connectivity index (χ2v) is 5.30. The van der Waals surface area contributed by atoms with Gasteiger partial charge in [0.25, 0.3) is 5.69 Å². The zero-order chi connectivity index (χ0) is 13.8. The molecule has 0 spiro atoms. The average molecular weight is 263 g/mol. The van der Waals surface area contributed by atoms with Crippen molar-refractivity contribution in [3.63, 3.8) is 0 Å². The number of benzene rings is 1. The number of rotatable bonds is 4. The maximum atomic E-state index is 10.8. The molecule has 0 bridgehead atoms. The van der Waals surface area contributed by atoms with Crippen LogP contribution in [0.15, 0.2) is 18.2 Å². The van der Waals surface area contributed by atoms with Crippen LogP contribution in [-0.2, 0) is 0 Å². The molecule has 1 aliphatic carbocycles. The first-order valence-corrected chi connectivity index (χ1v) is 6.78. The number of hydrogen-bond acceptors (Lipinski definition) is 4. The molecule has 5 nitrogen and oxygen atoms in total. The van der Waals surface area contributed by atoms with Gasteiger partial charge in [0, 0.05) is 29.9 Å². The van der Waals surface area contributed by atoms with E-state index in [2.05, 4.69) is 10.6 Å². The number of non-ortho nitro benzene ring substituents is 1. The van der Waals surface area contributed by atoms with Crippen molar-refractivity contribution < 1.29 is 4.92 Å². The van der Waals surface area contributed by atoms with Gasteiger partial charge in [0.2, 0.25) is 0 Å². The molecule has 0 radical (unpaired) electrons. The molecule has 5 heteroatoms. The molecular weight excluding hydrogens is 242 g/mol. The Morgan fingerprint density at radius 3 is 2.37 bits per heavy atom. The summed E-state index contributed by atoms with van der Waals surface area (Å²) >= 11 is 0. The van der Waals surface area contributed by atoms with Crippen LogP contribution in [0.4, 0.5) is 11.4 Å². The Bertz CT molecular complexity index is 454. The van der Waals surface area contributed by atoms with E-state index in [0.29, 0.717) is 12.1 Å². The van der Waals surface area contributed by atoms with Crippen LogP contribution < -0.4 is 10.6 Å². The van der Waals surface area contributed by atoms with Crippen molar-refractivity contribution in [2.75, 3.05) is 12.4 Å². The molecule has 1 aliphatic rings. The standard InChI is InChI=1S/C14H21N3O2/c1-10-7-13(9-14(8-10)17(18)19)16-12-5-3-11(15-2)4-6-12/h7-9,11-12,15-16H,3-6H2,1-2H3. The van der Waals surface area contributed by atoms with Gasteiger partial charge < -0.3 is 10.6 Å². The Morgan fingerprint density at radius 2 is 1.79 bits per heavy atom. The van der Waals surface area contributed by atoms with E-state index in [0.717, 1.165) is 36.9 Å². The van der Waals surface area contributed by atoms with Crippen molar-refractivity contribution in [2.45, 2.75) is 44.7 Å². The summed E-state index contributed by atoms with van der Waals surface area (Å²) in [5, 5.41) is 17.6. The fourth-order valence-electron chi connectivity index (χ4n) is 2.71. The van der Waals surface area contributed by atoms with E-state index in [4.69, 9.17) is 0 Å². The maximum absolute atomic E-state index is 10.8. The second kappa shape index (κ2) is 6.02. The third-order valence-corrected chi connectivity index (χ3v) is 3.78. The van der Waals surface area contributed by atoms with E-state index >= 15 is 0 Å². The van der Waals surface area contributed by atoms with Crippen LogP contribution in [0.3, 0.4) is 0 Å². The van der Waals surface area contributed by atoms with E-state index in [1.807, 2.05) is 20.0 Å². The average Bonchev–Trinajstić information content (AvgIpc) is 2.39. The molecule has 0 atom stereocenters. The van der Waals surface area contributed by atoms with E-state index in [1.165, 1.54) is 0 Å². The van der Waals surface area contributed by atoms with Gasteiger partial charge in [-0.1, -0.05) is 0 Å². The summed E-state index contributed by atoms with van der Waals surface area (Å²) in [7, 11) is 2.00. The lowest BCUT2D eigenvalue weighted by molar-refractivity contribution is -0.384. The number of nitro groups is 1. The van der Waals surface area contributed by atoms with Crippen molar-refractivity contribution in [2.24, 2.45) is 0 Å². The molecule has 0 heterocycles. The van der Waals surface area contributed by atoms with Crippen molar-refractivity contribution in [3.8, 4) is 0 Å². The molecule has 104 valence electrons. The minimum Gasteiger partial charge on any atom is -0.382 e. The number of anilines is 1. The largest absolute Gasteiger partial charge is 0.382 e. The SMILES string of the molecule is CNC1CCC(Nc2cc(C)cc([N+](=O)[O-])c2)CC1. The van der Waals surface area contributed by atoms with Crippen molar-refractivity contribution >= 4 is 11.4 Å². The van der Waals surface area contributed by atoms with Gasteiger partial charge in [-0.05, 0) is 51.3 Å². The highest BCUT2D eigenvalue weighted by Gasteiger charge is 2.20. The molecule has 2 N–H and O–H groups in total. The zero-order valence-corrected chi connectivity index (χ0v) is 11.5. The smallest absolute Gasteiger partial charge is 0.271 e. The van der Waals surface area contributed by atoms with Crippen molar-refractivity contribution in [3.05, 3.63) is 33.9 Å². The number of hydrogen-bond donors (Lipinski definition) is 2. The van der Waals surface area contributed by atoms with Crippen LogP contribution in [0.5, 0.6) is 0 Å². The lowest BCUT2D eigenvalue weighted by Gasteiger charge is -2.29. The number of nitrogens with one attached hydrogen (secondary N) is 2. The second-order valence-electron chi connectivity index (χ2n) is 5.30. The lowest BCUT2D eigenvalue weighted by Crippen LogP contribution is -2.34. The predicted molar refractivity (Wildman–Crippen MR) is 76.6 cm³/mol. The Labute approximate surface area is 113 Å². The van der Waals surface area contributed by atoms with E-state index in [9.17, 15) is 10.1 Å². The Balaban J connectivity index is 2.01. The third-order valence-electron chi connectivity index (χ3n) is 3.78. The van der Waals surface area contributed by atoms with Gasteiger partial charge >= 0.3 is 0 Å².